The fourth-order valence-electron chi connectivity index (χ4n) is 4.01. The second-order valence-electron chi connectivity index (χ2n) is 9.19. The molecule has 0 saturated carbocycles. The molecule has 0 aliphatic heterocycles. The molecule has 0 fully saturated rings. The Morgan fingerprint density at radius 2 is 1.79 bits per heavy atom. The molecule has 222 valence electrons. The number of sulfonamides is 1. The van der Waals surface area contributed by atoms with Gasteiger partial charge in [-0.1, -0.05) is 11.6 Å². The van der Waals surface area contributed by atoms with Crippen molar-refractivity contribution in [3.8, 4) is 11.6 Å². The van der Waals surface area contributed by atoms with E-state index in [1.807, 2.05) is 19.0 Å². The van der Waals surface area contributed by atoms with Gasteiger partial charge in [0.25, 0.3) is 21.5 Å². The molecule has 2 aromatic heterocycles. The summed E-state index contributed by atoms with van der Waals surface area (Å²) in [6.07, 6.45) is 0. The van der Waals surface area contributed by atoms with Gasteiger partial charge in [-0.3, -0.25) is 9.59 Å². The van der Waals surface area contributed by atoms with E-state index in [1.54, 1.807) is 17.8 Å². The molecular formula is C26H26ClFN6O6S2. The standard InChI is InChI=1S/C26H26ClFN6O6S2/c1-29-14-4-6-16-17(12-14)22(23(35)30-10-11-33(2)3)25(37)34(24(16)36)19-7-5-15(13-18(19)28)31-26(38)32-42(39,40)21-9-8-20(27)41-21/h4-9,12-13,29,37H,10-11H2,1-3H3,(H,30,35)(H2,31,32,38). The summed E-state index contributed by atoms with van der Waals surface area (Å²) in [7, 11) is 1.07. The lowest BCUT2D eigenvalue weighted by molar-refractivity contribution is 0.0949. The van der Waals surface area contributed by atoms with Gasteiger partial charge in [-0.2, -0.15) is 0 Å². The van der Waals surface area contributed by atoms with Crippen LogP contribution in [0.3, 0.4) is 0 Å². The lowest BCUT2D eigenvalue weighted by atomic mass is 10.0. The summed E-state index contributed by atoms with van der Waals surface area (Å²) in [5.74, 6) is -2.52. The Morgan fingerprint density at radius 3 is 2.40 bits per heavy atom. The Morgan fingerprint density at radius 1 is 1.07 bits per heavy atom. The number of carbonyl (C=O) groups excluding carboxylic acids is 2. The van der Waals surface area contributed by atoms with Gasteiger partial charge in [0.15, 0.2) is 0 Å². The molecule has 42 heavy (non-hydrogen) atoms. The number of benzene rings is 2. The number of urea groups is 1. The van der Waals surface area contributed by atoms with Gasteiger partial charge in [0.1, 0.15) is 15.6 Å². The largest absolute Gasteiger partial charge is 0.494 e. The van der Waals surface area contributed by atoms with E-state index in [-0.39, 0.29) is 37.1 Å². The van der Waals surface area contributed by atoms with Crippen LogP contribution in [0.2, 0.25) is 4.34 Å². The van der Waals surface area contributed by atoms with Crippen molar-refractivity contribution in [2.24, 2.45) is 0 Å². The molecule has 4 rings (SSSR count). The Balaban J connectivity index is 1.71. The fraction of sp³-hybridized carbons (Fsp3) is 0.192. The zero-order chi connectivity index (χ0) is 30.8. The van der Waals surface area contributed by atoms with Crippen LogP contribution in [0.4, 0.5) is 20.6 Å². The minimum Gasteiger partial charge on any atom is -0.494 e. The normalized spacial score (nSPS) is 11.5. The summed E-state index contributed by atoms with van der Waals surface area (Å²) in [6, 6.07) is 9.12. The van der Waals surface area contributed by atoms with E-state index in [4.69, 9.17) is 11.6 Å². The number of aromatic nitrogens is 1. The number of nitrogens with one attached hydrogen (secondary N) is 4. The SMILES string of the molecule is CNc1ccc2c(=O)n(-c3ccc(NC(=O)NS(=O)(=O)c4ccc(Cl)s4)cc3F)c(O)c(C(=O)NCCN(C)C)c2c1. The zero-order valence-electron chi connectivity index (χ0n) is 22.5. The van der Waals surface area contributed by atoms with Crippen LogP contribution in [0, 0.1) is 5.82 Å². The molecule has 2 heterocycles. The van der Waals surface area contributed by atoms with Crippen molar-refractivity contribution in [2.45, 2.75) is 4.21 Å². The third-order valence-corrected chi connectivity index (χ3v) is 9.06. The van der Waals surface area contributed by atoms with Crippen LogP contribution in [0.5, 0.6) is 5.88 Å². The van der Waals surface area contributed by atoms with E-state index in [0.717, 1.165) is 23.5 Å². The number of aromatic hydroxyl groups is 1. The highest BCUT2D eigenvalue weighted by Crippen LogP contribution is 2.31. The maximum Gasteiger partial charge on any atom is 0.333 e. The number of fused-ring (bicyclic) bond motifs is 1. The third-order valence-electron chi connectivity index (χ3n) is 6.01. The van der Waals surface area contributed by atoms with E-state index in [2.05, 4.69) is 16.0 Å². The summed E-state index contributed by atoms with van der Waals surface area (Å²) < 4.78 is 42.6. The average molecular weight is 637 g/mol. The van der Waals surface area contributed by atoms with E-state index in [1.165, 1.54) is 30.3 Å². The molecular weight excluding hydrogens is 611 g/mol. The van der Waals surface area contributed by atoms with Crippen molar-refractivity contribution in [3.05, 3.63) is 74.6 Å². The highest BCUT2D eigenvalue weighted by Gasteiger charge is 2.25. The quantitative estimate of drug-likeness (QED) is 0.187. The Hall–Kier alpha value is -4.18. The van der Waals surface area contributed by atoms with E-state index in [9.17, 15) is 27.9 Å². The van der Waals surface area contributed by atoms with Crippen molar-refractivity contribution in [1.82, 2.24) is 19.5 Å². The van der Waals surface area contributed by atoms with Crippen LogP contribution in [-0.4, -0.2) is 69.2 Å². The molecule has 12 nitrogen and oxygen atoms in total. The maximum atomic E-state index is 15.4. The van der Waals surface area contributed by atoms with Crippen molar-refractivity contribution >= 4 is 67.0 Å². The van der Waals surface area contributed by atoms with E-state index < -0.39 is 44.9 Å². The summed E-state index contributed by atoms with van der Waals surface area (Å²) in [4.78, 5) is 40.8. The number of hydrogen-bond donors (Lipinski definition) is 5. The monoisotopic (exact) mass is 636 g/mol. The number of likely N-dealkylation sites (N-methyl/N-ethyl adjacent to an activating group) is 1. The number of halogens is 2. The summed E-state index contributed by atoms with van der Waals surface area (Å²) in [5, 5.41) is 19.2. The Labute approximate surface area is 248 Å². The Bertz CT molecular complexity index is 1860. The second kappa shape index (κ2) is 12.4. The predicted molar refractivity (Wildman–Crippen MR) is 160 cm³/mol. The average Bonchev–Trinajstić information content (AvgIpc) is 3.36. The smallest absolute Gasteiger partial charge is 0.333 e. The number of nitrogens with zero attached hydrogens (tertiary/aromatic N) is 2. The first kappa shape index (κ1) is 30.8. The van der Waals surface area contributed by atoms with Gasteiger partial charge in [0.2, 0.25) is 5.88 Å². The van der Waals surface area contributed by atoms with Crippen LogP contribution in [-0.2, 0) is 10.0 Å². The molecule has 2 aromatic carbocycles. The number of pyridine rings is 1. The van der Waals surface area contributed by atoms with Crippen molar-refractivity contribution in [3.63, 3.8) is 0 Å². The molecule has 5 N–H and O–H groups in total. The molecule has 0 spiro atoms. The first-order valence-electron chi connectivity index (χ1n) is 12.2. The summed E-state index contributed by atoms with van der Waals surface area (Å²) in [6.45, 7) is 0.745. The van der Waals surface area contributed by atoms with E-state index in [0.29, 0.717) is 16.8 Å². The fourth-order valence-corrected chi connectivity index (χ4v) is 6.40. The minimum atomic E-state index is -4.23. The third kappa shape index (κ3) is 6.49. The van der Waals surface area contributed by atoms with Gasteiger partial charge in [0, 0.05) is 42.3 Å². The maximum absolute atomic E-state index is 15.4. The number of rotatable bonds is 9. The highest BCUT2D eigenvalue weighted by atomic mass is 35.5. The van der Waals surface area contributed by atoms with Crippen LogP contribution in [0.15, 0.2) is 57.5 Å². The lowest BCUT2D eigenvalue weighted by Crippen LogP contribution is -2.34. The predicted octanol–water partition coefficient (Wildman–Crippen LogP) is 3.39. The first-order chi connectivity index (χ1) is 19.8. The van der Waals surface area contributed by atoms with Gasteiger partial charge >= 0.3 is 6.03 Å². The van der Waals surface area contributed by atoms with Gasteiger partial charge in [0.05, 0.1) is 10.0 Å². The molecule has 16 heteroatoms. The van der Waals surface area contributed by atoms with Gasteiger partial charge in [-0.15, -0.1) is 11.3 Å². The Kier molecular flexibility index (Phi) is 9.06. The molecule has 0 aliphatic carbocycles. The van der Waals surface area contributed by atoms with Gasteiger partial charge in [-0.25, -0.2) is 26.9 Å². The van der Waals surface area contributed by atoms with Crippen LogP contribution >= 0.6 is 22.9 Å². The summed E-state index contributed by atoms with van der Waals surface area (Å²) in [5.41, 5.74) is -1.02. The van der Waals surface area contributed by atoms with Crippen LogP contribution < -0.4 is 26.2 Å². The molecule has 0 aliphatic rings. The number of thiophene rings is 1. The summed E-state index contributed by atoms with van der Waals surface area (Å²) >= 11 is 6.50. The van der Waals surface area contributed by atoms with Crippen molar-refractivity contribution in [1.29, 1.82) is 0 Å². The van der Waals surface area contributed by atoms with Gasteiger partial charge < -0.3 is 26.0 Å². The molecule has 0 atom stereocenters. The van der Waals surface area contributed by atoms with Crippen molar-refractivity contribution < 1.29 is 27.5 Å². The minimum absolute atomic E-state index is 0.0458. The van der Waals surface area contributed by atoms with Crippen molar-refractivity contribution in [2.75, 3.05) is 44.9 Å². The van der Waals surface area contributed by atoms with Gasteiger partial charge in [-0.05, 0) is 62.6 Å². The van der Waals surface area contributed by atoms with Crippen LogP contribution in [0.1, 0.15) is 10.4 Å². The zero-order valence-corrected chi connectivity index (χ0v) is 24.9. The topological polar surface area (TPSA) is 162 Å². The van der Waals surface area contributed by atoms with E-state index >= 15 is 4.39 Å². The molecule has 0 radical (unpaired) electrons. The first-order valence-corrected chi connectivity index (χ1v) is 14.9. The molecule has 4 aromatic rings. The molecule has 3 amide bonds. The number of hydrogen-bond acceptors (Lipinski definition) is 9. The number of anilines is 2. The lowest BCUT2D eigenvalue weighted by Gasteiger charge is -2.18. The molecule has 0 bridgehead atoms. The number of amides is 3. The molecule has 0 unspecified atom stereocenters. The highest BCUT2D eigenvalue weighted by molar-refractivity contribution is 7.92. The number of carbonyl (C=O) groups is 2. The van der Waals surface area contributed by atoms with Crippen LogP contribution in [0.25, 0.3) is 16.5 Å². The second-order valence-corrected chi connectivity index (χ2v) is 12.8. The molecule has 0 saturated heterocycles.